The predicted octanol–water partition coefficient (Wildman–Crippen LogP) is 1.83. The van der Waals surface area contributed by atoms with Gasteiger partial charge in [-0.15, -0.1) is 0 Å². The van der Waals surface area contributed by atoms with Crippen LogP contribution in [0.25, 0.3) is 0 Å². The lowest BCUT2D eigenvalue weighted by atomic mass is 10.0. The number of aromatic nitrogens is 2. The van der Waals surface area contributed by atoms with Crippen molar-refractivity contribution in [3.8, 4) is 0 Å². The van der Waals surface area contributed by atoms with E-state index in [0.29, 0.717) is 17.0 Å². The third kappa shape index (κ3) is 3.05. The van der Waals surface area contributed by atoms with Crippen molar-refractivity contribution in [2.45, 2.75) is 25.8 Å². The molecule has 0 saturated carbocycles. The van der Waals surface area contributed by atoms with Crippen LogP contribution >= 0.6 is 0 Å². The van der Waals surface area contributed by atoms with Crippen molar-refractivity contribution in [1.29, 1.82) is 0 Å². The molecular formula is C13H15N3O4S. The molecule has 21 heavy (non-hydrogen) atoms. The van der Waals surface area contributed by atoms with Crippen LogP contribution in [0.5, 0.6) is 0 Å². The number of H-pyrrole nitrogens is 1. The summed E-state index contributed by atoms with van der Waals surface area (Å²) in [4.78, 5) is 17.6. The quantitative estimate of drug-likeness (QED) is 0.797. The minimum Gasteiger partial charge on any atom is -0.478 e. The Morgan fingerprint density at radius 1 is 1.29 bits per heavy atom. The van der Waals surface area contributed by atoms with E-state index in [4.69, 9.17) is 5.11 Å². The monoisotopic (exact) mass is 309 g/mol. The average Bonchev–Trinajstić information content (AvgIpc) is 2.80. The molecule has 0 aliphatic heterocycles. The Bertz CT molecular complexity index is 809. The summed E-state index contributed by atoms with van der Waals surface area (Å²) in [5.41, 5.74) is 1.55. The van der Waals surface area contributed by atoms with Gasteiger partial charge in [-0.2, -0.15) is 8.42 Å². The van der Waals surface area contributed by atoms with Gasteiger partial charge in [-0.25, -0.2) is 9.78 Å². The number of anilines is 1. The predicted molar refractivity (Wildman–Crippen MR) is 77.0 cm³/mol. The Kier molecular flexibility index (Phi) is 3.73. The zero-order valence-corrected chi connectivity index (χ0v) is 12.6. The van der Waals surface area contributed by atoms with Gasteiger partial charge >= 0.3 is 5.97 Å². The lowest BCUT2D eigenvalue weighted by Crippen LogP contribution is -2.14. The number of nitrogens with zero attached hydrogens (tertiary/aromatic N) is 1. The Hall–Kier alpha value is -2.35. The van der Waals surface area contributed by atoms with Crippen molar-refractivity contribution in [1.82, 2.24) is 9.97 Å². The first-order chi connectivity index (χ1) is 9.70. The number of hydrogen-bond donors (Lipinski definition) is 3. The molecule has 0 amide bonds. The molecule has 2 rings (SSSR count). The van der Waals surface area contributed by atoms with Crippen LogP contribution in [0.4, 0.5) is 5.69 Å². The normalized spacial score (nSPS) is 11.4. The molecule has 0 radical (unpaired) electrons. The van der Waals surface area contributed by atoms with Crippen LogP contribution < -0.4 is 4.72 Å². The summed E-state index contributed by atoms with van der Waals surface area (Å²) >= 11 is 0. The molecule has 0 atom stereocenters. The molecule has 1 aromatic heterocycles. The molecule has 0 bridgehead atoms. The van der Waals surface area contributed by atoms with Gasteiger partial charge < -0.3 is 10.1 Å². The second-order valence-electron chi connectivity index (χ2n) is 4.71. The number of rotatable bonds is 4. The molecule has 7 nitrogen and oxygen atoms in total. The third-order valence-corrected chi connectivity index (χ3v) is 4.41. The molecule has 0 unspecified atom stereocenters. The van der Waals surface area contributed by atoms with Gasteiger partial charge in [0.25, 0.3) is 10.0 Å². The SMILES string of the molecule is Cc1ncc(S(=O)(=O)Nc2cc(C)c(C)c(C(=O)O)c2)[nH]1. The van der Waals surface area contributed by atoms with Crippen LogP contribution in [0.3, 0.4) is 0 Å². The maximum Gasteiger partial charge on any atom is 0.336 e. The van der Waals surface area contributed by atoms with E-state index < -0.39 is 16.0 Å². The summed E-state index contributed by atoms with van der Waals surface area (Å²) in [6.45, 7) is 5.03. The second-order valence-corrected chi connectivity index (χ2v) is 6.36. The second kappa shape index (κ2) is 5.21. The van der Waals surface area contributed by atoms with Crippen LogP contribution in [0, 0.1) is 20.8 Å². The molecule has 0 spiro atoms. The summed E-state index contributed by atoms with van der Waals surface area (Å²) in [7, 11) is -3.83. The van der Waals surface area contributed by atoms with E-state index in [9.17, 15) is 13.2 Å². The maximum atomic E-state index is 12.2. The fraction of sp³-hybridized carbons (Fsp3) is 0.231. The molecule has 8 heteroatoms. The van der Waals surface area contributed by atoms with E-state index >= 15 is 0 Å². The highest BCUT2D eigenvalue weighted by Crippen LogP contribution is 2.22. The first-order valence-electron chi connectivity index (χ1n) is 6.09. The first kappa shape index (κ1) is 15.0. The Labute approximate surface area is 122 Å². The van der Waals surface area contributed by atoms with E-state index in [1.807, 2.05) is 0 Å². The number of sulfonamides is 1. The number of aryl methyl sites for hydroxylation is 2. The highest BCUT2D eigenvalue weighted by atomic mass is 32.2. The van der Waals surface area contributed by atoms with Crippen molar-refractivity contribution in [3.63, 3.8) is 0 Å². The number of carboxylic acids is 1. The highest BCUT2D eigenvalue weighted by molar-refractivity contribution is 7.92. The topological polar surface area (TPSA) is 112 Å². The Morgan fingerprint density at radius 2 is 1.95 bits per heavy atom. The van der Waals surface area contributed by atoms with E-state index in [1.165, 1.54) is 12.3 Å². The number of imidazole rings is 1. The van der Waals surface area contributed by atoms with Crippen LogP contribution in [0.1, 0.15) is 27.3 Å². The standard InChI is InChI=1S/C13H15N3O4S/c1-7-4-10(5-11(8(7)2)13(17)18)16-21(19,20)12-6-14-9(3)15-12/h4-6,16H,1-3H3,(H,14,15)(H,17,18). The van der Waals surface area contributed by atoms with Crippen LogP contribution in [0.2, 0.25) is 0 Å². The number of nitrogens with one attached hydrogen (secondary N) is 2. The zero-order chi connectivity index (χ0) is 15.8. The number of carboxylic acid groups (broad SMARTS) is 1. The minimum atomic E-state index is -3.83. The van der Waals surface area contributed by atoms with Gasteiger partial charge in [-0.3, -0.25) is 4.72 Å². The molecule has 1 aromatic carbocycles. The molecule has 0 aliphatic rings. The highest BCUT2D eigenvalue weighted by Gasteiger charge is 2.18. The minimum absolute atomic E-state index is 0.0634. The smallest absolute Gasteiger partial charge is 0.336 e. The average molecular weight is 309 g/mol. The zero-order valence-electron chi connectivity index (χ0n) is 11.8. The van der Waals surface area contributed by atoms with Crippen molar-refractivity contribution >= 4 is 21.7 Å². The maximum absolute atomic E-state index is 12.2. The lowest BCUT2D eigenvalue weighted by Gasteiger charge is -2.11. The van der Waals surface area contributed by atoms with E-state index in [2.05, 4.69) is 14.7 Å². The fourth-order valence-corrected chi connectivity index (χ4v) is 2.90. The summed E-state index contributed by atoms with van der Waals surface area (Å²) in [5, 5.41) is 9.07. The lowest BCUT2D eigenvalue weighted by molar-refractivity contribution is 0.0696. The molecule has 0 saturated heterocycles. The summed E-state index contributed by atoms with van der Waals surface area (Å²) in [5.74, 6) is -0.629. The fourth-order valence-electron chi connectivity index (χ4n) is 1.89. The molecular weight excluding hydrogens is 294 g/mol. The van der Waals surface area contributed by atoms with Gasteiger partial charge in [-0.05, 0) is 44.0 Å². The molecule has 3 N–H and O–H groups in total. The van der Waals surface area contributed by atoms with Gasteiger partial charge in [0.1, 0.15) is 5.82 Å². The number of benzene rings is 1. The number of aromatic carboxylic acids is 1. The molecule has 1 heterocycles. The van der Waals surface area contributed by atoms with Crippen LogP contribution in [-0.2, 0) is 10.0 Å². The van der Waals surface area contributed by atoms with Gasteiger partial charge in [-0.1, -0.05) is 0 Å². The molecule has 0 fully saturated rings. The third-order valence-electron chi connectivity index (χ3n) is 3.12. The van der Waals surface area contributed by atoms with Crippen molar-refractivity contribution in [2.75, 3.05) is 4.72 Å². The van der Waals surface area contributed by atoms with Gasteiger partial charge in [0.2, 0.25) is 0 Å². The van der Waals surface area contributed by atoms with E-state index in [1.54, 1.807) is 26.8 Å². The molecule has 2 aromatic rings. The molecule has 112 valence electrons. The van der Waals surface area contributed by atoms with Gasteiger partial charge in [0.15, 0.2) is 5.03 Å². The summed E-state index contributed by atoms with van der Waals surface area (Å²) in [6.07, 6.45) is 1.21. The van der Waals surface area contributed by atoms with Gasteiger partial charge in [0.05, 0.1) is 17.4 Å². The van der Waals surface area contributed by atoms with Crippen molar-refractivity contribution in [2.24, 2.45) is 0 Å². The first-order valence-corrected chi connectivity index (χ1v) is 7.58. The van der Waals surface area contributed by atoms with Crippen molar-refractivity contribution < 1.29 is 18.3 Å². The Balaban J connectivity index is 2.42. The van der Waals surface area contributed by atoms with Gasteiger partial charge in [0, 0.05) is 0 Å². The summed E-state index contributed by atoms with van der Waals surface area (Å²) < 4.78 is 26.7. The largest absolute Gasteiger partial charge is 0.478 e. The van der Waals surface area contributed by atoms with Crippen LogP contribution in [0.15, 0.2) is 23.4 Å². The van der Waals surface area contributed by atoms with Crippen molar-refractivity contribution in [3.05, 3.63) is 40.8 Å². The summed E-state index contributed by atoms with van der Waals surface area (Å²) in [6, 6.07) is 2.88. The van der Waals surface area contributed by atoms with E-state index in [0.717, 1.165) is 0 Å². The molecule has 0 aliphatic carbocycles. The van der Waals surface area contributed by atoms with E-state index in [-0.39, 0.29) is 16.3 Å². The number of aromatic amines is 1. The number of carbonyl (C=O) groups is 1. The Morgan fingerprint density at radius 3 is 2.48 bits per heavy atom. The number of hydrogen-bond acceptors (Lipinski definition) is 4. The van der Waals surface area contributed by atoms with Crippen LogP contribution in [-0.4, -0.2) is 29.5 Å².